The minimum Gasteiger partial charge on any atom is -0.307 e. The maximum absolute atomic E-state index is 4.66. The maximum Gasteiger partial charge on any atom is 0.228 e. The summed E-state index contributed by atoms with van der Waals surface area (Å²) in [6, 6.07) is 2.16. The van der Waals surface area contributed by atoms with Crippen molar-refractivity contribution >= 4 is 11.8 Å². The Balaban J connectivity index is 1.60. The standard InChI is InChI=1S/C19H24N8/c1-12-9-13(2)24-19(23-12)25-18-17(20-6-7-21-18)16-5-4-8-27(16)11-15-10-22-26-14(15)3/h6-7,9-10,16H,4-5,8,11H2,1-3H3,(H,22,26)(H,21,23,24,25)/t16-/m1/s1. The van der Waals surface area contributed by atoms with Gasteiger partial charge >= 0.3 is 0 Å². The normalized spacial score (nSPS) is 17.4. The zero-order chi connectivity index (χ0) is 18.8. The minimum atomic E-state index is 0.210. The van der Waals surface area contributed by atoms with Crippen LogP contribution in [0.5, 0.6) is 0 Å². The monoisotopic (exact) mass is 364 g/mol. The third kappa shape index (κ3) is 3.80. The number of anilines is 2. The number of rotatable bonds is 5. The van der Waals surface area contributed by atoms with Crippen LogP contribution in [0.2, 0.25) is 0 Å². The second-order valence-electron chi connectivity index (χ2n) is 7.04. The van der Waals surface area contributed by atoms with Crippen molar-refractivity contribution in [2.45, 2.75) is 46.2 Å². The average molecular weight is 364 g/mol. The number of hydrogen-bond acceptors (Lipinski definition) is 7. The molecule has 0 aliphatic carbocycles. The van der Waals surface area contributed by atoms with Crippen LogP contribution in [-0.2, 0) is 6.54 Å². The Bertz CT molecular complexity index is 915. The highest BCUT2D eigenvalue weighted by Crippen LogP contribution is 2.35. The lowest BCUT2D eigenvalue weighted by molar-refractivity contribution is 0.244. The molecule has 3 aromatic rings. The van der Waals surface area contributed by atoms with E-state index in [-0.39, 0.29) is 6.04 Å². The molecule has 0 spiro atoms. The summed E-state index contributed by atoms with van der Waals surface area (Å²) in [6.07, 6.45) is 7.55. The molecule has 1 atom stereocenters. The summed E-state index contributed by atoms with van der Waals surface area (Å²) in [7, 11) is 0. The van der Waals surface area contributed by atoms with Gasteiger partial charge in [0.25, 0.3) is 0 Å². The summed E-state index contributed by atoms with van der Waals surface area (Å²) in [5, 5.41) is 10.4. The number of likely N-dealkylation sites (tertiary alicyclic amines) is 1. The Labute approximate surface area is 158 Å². The first kappa shape index (κ1) is 17.5. The van der Waals surface area contributed by atoms with Crippen molar-refractivity contribution in [2.75, 3.05) is 11.9 Å². The molecule has 0 aromatic carbocycles. The fraction of sp³-hybridized carbons (Fsp3) is 0.421. The van der Waals surface area contributed by atoms with E-state index in [1.54, 1.807) is 12.4 Å². The van der Waals surface area contributed by atoms with Crippen molar-refractivity contribution in [3.05, 3.63) is 53.0 Å². The third-order valence-corrected chi connectivity index (χ3v) is 4.93. The number of aryl methyl sites for hydroxylation is 3. The Morgan fingerprint density at radius 3 is 2.67 bits per heavy atom. The molecule has 0 unspecified atom stereocenters. The van der Waals surface area contributed by atoms with Gasteiger partial charge in [-0.05, 0) is 46.2 Å². The molecule has 140 valence electrons. The highest BCUT2D eigenvalue weighted by Gasteiger charge is 2.30. The van der Waals surface area contributed by atoms with Gasteiger partial charge in [-0.25, -0.2) is 15.0 Å². The summed E-state index contributed by atoms with van der Waals surface area (Å²) in [5.74, 6) is 1.28. The molecule has 1 aliphatic heterocycles. The van der Waals surface area contributed by atoms with Crippen LogP contribution in [-0.4, -0.2) is 41.6 Å². The Morgan fingerprint density at radius 2 is 1.93 bits per heavy atom. The first-order valence-electron chi connectivity index (χ1n) is 9.23. The molecule has 0 saturated carbocycles. The Kier molecular flexibility index (Phi) is 4.81. The Hall–Kier alpha value is -2.87. The largest absolute Gasteiger partial charge is 0.307 e. The fourth-order valence-corrected chi connectivity index (χ4v) is 3.66. The molecule has 8 nitrogen and oxygen atoms in total. The summed E-state index contributed by atoms with van der Waals surface area (Å²) in [6.45, 7) is 7.86. The number of hydrogen-bond donors (Lipinski definition) is 2. The van der Waals surface area contributed by atoms with Gasteiger partial charge in [0.05, 0.1) is 12.2 Å². The van der Waals surface area contributed by atoms with Crippen LogP contribution in [0.15, 0.2) is 24.7 Å². The van der Waals surface area contributed by atoms with Gasteiger partial charge in [-0.3, -0.25) is 15.0 Å². The lowest BCUT2D eigenvalue weighted by Crippen LogP contribution is -2.24. The van der Waals surface area contributed by atoms with E-state index >= 15 is 0 Å². The van der Waals surface area contributed by atoms with E-state index in [0.717, 1.165) is 54.5 Å². The molecule has 4 rings (SSSR count). The van der Waals surface area contributed by atoms with Crippen molar-refractivity contribution in [1.82, 2.24) is 35.0 Å². The number of aromatic amines is 1. The molecule has 8 heteroatoms. The zero-order valence-corrected chi connectivity index (χ0v) is 15.9. The zero-order valence-electron chi connectivity index (χ0n) is 15.9. The molecule has 0 radical (unpaired) electrons. The summed E-state index contributed by atoms with van der Waals surface area (Å²) >= 11 is 0. The summed E-state index contributed by atoms with van der Waals surface area (Å²) in [5.41, 5.74) is 5.13. The first-order chi connectivity index (χ1) is 13.1. The predicted octanol–water partition coefficient (Wildman–Crippen LogP) is 3.00. The average Bonchev–Trinajstić information content (AvgIpc) is 3.24. The molecule has 0 bridgehead atoms. The van der Waals surface area contributed by atoms with Gasteiger partial charge in [0.1, 0.15) is 5.69 Å². The van der Waals surface area contributed by atoms with E-state index in [9.17, 15) is 0 Å². The molecule has 3 aromatic heterocycles. The minimum absolute atomic E-state index is 0.210. The highest BCUT2D eigenvalue weighted by atomic mass is 15.2. The second-order valence-corrected chi connectivity index (χ2v) is 7.04. The highest BCUT2D eigenvalue weighted by molar-refractivity contribution is 5.52. The lowest BCUT2D eigenvalue weighted by atomic mass is 10.1. The van der Waals surface area contributed by atoms with Gasteiger partial charge in [-0.2, -0.15) is 5.10 Å². The van der Waals surface area contributed by atoms with E-state index in [1.807, 2.05) is 26.1 Å². The summed E-state index contributed by atoms with van der Waals surface area (Å²) in [4.78, 5) is 20.6. The van der Waals surface area contributed by atoms with E-state index < -0.39 is 0 Å². The SMILES string of the molecule is Cc1cc(C)nc(Nc2nccnc2[C@H]2CCCN2Cc2cn[nH]c2C)n1. The van der Waals surface area contributed by atoms with Crippen LogP contribution in [0.25, 0.3) is 0 Å². The topological polar surface area (TPSA) is 95.5 Å². The van der Waals surface area contributed by atoms with Gasteiger partial charge < -0.3 is 5.32 Å². The molecule has 4 heterocycles. The van der Waals surface area contributed by atoms with E-state index in [0.29, 0.717) is 5.95 Å². The molecule has 27 heavy (non-hydrogen) atoms. The van der Waals surface area contributed by atoms with Crippen molar-refractivity contribution in [3.63, 3.8) is 0 Å². The first-order valence-corrected chi connectivity index (χ1v) is 9.23. The van der Waals surface area contributed by atoms with Gasteiger partial charge in [-0.15, -0.1) is 0 Å². The molecular weight excluding hydrogens is 340 g/mol. The van der Waals surface area contributed by atoms with Crippen molar-refractivity contribution in [1.29, 1.82) is 0 Å². The van der Waals surface area contributed by atoms with Gasteiger partial charge in [-0.1, -0.05) is 0 Å². The van der Waals surface area contributed by atoms with Crippen LogP contribution >= 0.6 is 0 Å². The smallest absolute Gasteiger partial charge is 0.228 e. The van der Waals surface area contributed by atoms with Gasteiger partial charge in [0, 0.05) is 41.6 Å². The molecular formula is C19H24N8. The molecule has 0 amide bonds. The lowest BCUT2D eigenvalue weighted by Gasteiger charge is -2.25. The predicted molar refractivity (Wildman–Crippen MR) is 103 cm³/mol. The van der Waals surface area contributed by atoms with E-state index in [4.69, 9.17) is 0 Å². The van der Waals surface area contributed by atoms with Gasteiger partial charge in [0.15, 0.2) is 5.82 Å². The Morgan fingerprint density at radius 1 is 1.15 bits per heavy atom. The van der Waals surface area contributed by atoms with Crippen LogP contribution in [0.4, 0.5) is 11.8 Å². The van der Waals surface area contributed by atoms with Crippen LogP contribution < -0.4 is 5.32 Å². The second kappa shape index (κ2) is 7.40. The maximum atomic E-state index is 4.66. The molecule has 2 N–H and O–H groups in total. The van der Waals surface area contributed by atoms with E-state index in [2.05, 4.69) is 47.3 Å². The molecule has 1 fully saturated rings. The van der Waals surface area contributed by atoms with Gasteiger partial charge in [0.2, 0.25) is 5.95 Å². The summed E-state index contributed by atoms with van der Waals surface area (Å²) < 4.78 is 0. The molecule has 1 aliphatic rings. The quantitative estimate of drug-likeness (QED) is 0.718. The van der Waals surface area contributed by atoms with Crippen LogP contribution in [0, 0.1) is 20.8 Å². The molecule has 1 saturated heterocycles. The number of nitrogens with zero attached hydrogens (tertiary/aromatic N) is 6. The van der Waals surface area contributed by atoms with Crippen molar-refractivity contribution < 1.29 is 0 Å². The number of aromatic nitrogens is 6. The number of H-pyrrole nitrogens is 1. The van der Waals surface area contributed by atoms with Crippen LogP contribution in [0.1, 0.15) is 47.2 Å². The number of nitrogens with one attached hydrogen (secondary N) is 2. The van der Waals surface area contributed by atoms with E-state index in [1.165, 1.54) is 5.56 Å². The van der Waals surface area contributed by atoms with Crippen LogP contribution in [0.3, 0.4) is 0 Å². The van der Waals surface area contributed by atoms with Crippen molar-refractivity contribution in [3.8, 4) is 0 Å². The third-order valence-electron chi connectivity index (χ3n) is 4.93. The fourth-order valence-electron chi connectivity index (χ4n) is 3.66. The van der Waals surface area contributed by atoms with Crippen molar-refractivity contribution in [2.24, 2.45) is 0 Å².